The van der Waals surface area contributed by atoms with E-state index in [2.05, 4.69) is 24.1 Å². The van der Waals surface area contributed by atoms with Crippen molar-refractivity contribution in [3.63, 3.8) is 0 Å². The summed E-state index contributed by atoms with van der Waals surface area (Å²) in [7, 11) is 0. The Morgan fingerprint density at radius 1 is 1.15 bits per heavy atom. The fourth-order valence-electron chi connectivity index (χ4n) is 1.84. The lowest BCUT2D eigenvalue weighted by molar-refractivity contribution is -0.117. The van der Waals surface area contributed by atoms with Crippen LogP contribution in [-0.2, 0) is 4.79 Å². The highest BCUT2D eigenvalue weighted by Gasteiger charge is 2.09. The summed E-state index contributed by atoms with van der Waals surface area (Å²) < 4.78 is 0. The smallest absolute Gasteiger partial charge is 0.238 e. The van der Waals surface area contributed by atoms with Crippen molar-refractivity contribution in [3.05, 3.63) is 29.3 Å². The first-order valence-corrected chi connectivity index (χ1v) is 7.67. The predicted octanol–water partition coefficient (Wildman–Crippen LogP) is 3.83. The number of nitrogens with zero attached hydrogens (tertiary/aromatic N) is 1. The summed E-state index contributed by atoms with van der Waals surface area (Å²) in [5.41, 5.74) is 3.17. The van der Waals surface area contributed by atoms with Crippen LogP contribution < -0.4 is 5.32 Å². The number of rotatable bonds is 5. The summed E-state index contributed by atoms with van der Waals surface area (Å²) >= 11 is 5.00. The molecule has 0 bridgehead atoms. The lowest BCUT2D eigenvalue weighted by Crippen LogP contribution is -2.33. The standard InChI is InChI=1S/C14H22N2O.C2H5Cl/c1-5-16(6-2)10-13(17)15-14-11(3)8-7-9-12(14)4;1-2-3/h7-9H,5-6,10H2,1-4H3,(H,15,17);2H2,1H3. The van der Waals surface area contributed by atoms with Crippen molar-refractivity contribution in [2.45, 2.75) is 34.6 Å². The second-order valence-corrected chi connectivity index (χ2v) is 5.08. The Morgan fingerprint density at radius 2 is 1.60 bits per heavy atom. The molecule has 0 spiro atoms. The summed E-state index contributed by atoms with van der Waals surface area (Å²) in [5.74, 6) is 0.783. The van der Waals surface area contributed by atoms with E-state index in [0.29, 0.717) is 6.54 Å². The number of hydrogen-bond acceptors (Lipinski definition) is 2. The molecule has 0 aromatic heterocycles. The Kier molecular flexibility index (Phi) is 10.1. The van der Waals surface area contributed by atoms with Crippen LogP contribution in [0.2, 0.25) is 0 Å². The topological polar surface area (TPSA) is 32.3 Å². The predicted molar refractivity (Wildman–Crippen MR) is 88.7 cm³/mol. The first-order valence-electron chi connectivity index (χ1n) is 7.14. The third-order valence-corrected chi connectivity index (χ3v) is 3.01. The minimum Gasteiger partial charge on any atom is -0.324 e. The Hall–Kier alpha value is -1.06. The Labute approximate surface area is 128 Å². The molecule has 0 saturated heterocycles. The number of alkyl halides is 1. The summed E-state index contributed by atoms with van der Waals surface area (Å²) in [6, 6.07) is 6.03. The van der Waals surface area contributed by atoms with E-state index in [9.17, 15) is 4.79 Å². The van der Waals surface area contributed by atoms with Crippen molar-refractivity contribution in [2.75, 3.05) is 30.8 Å². The van der Waals surface area contributed by atoms with E-state index in [1.807, 2.05) is 39.0 Å². The van der Waals surface area contributed by atoms with Gasteiger partial charge in [0.1, 0.15) is 0 Å². The molecule has 3 nitrogen and oxygen atoms in total. The van der Waals surface area contributed by atoms with Crippen LogP contribution in [0, 0.1) is 13.8 Å². The number of aryl methyl sites for hydroxylation is 2. The van der Waals surface area contributed by atoms with Gasteiger partial charge in [-0.15, -0.1) is 11.6 Å². The van der Waals surface area contributed by atoms with E-state index in [4.69, 9.17) is 11.6 Å². The molecule has 0 heterocycles. The number of anilines is 1. The number of benzene rings is 1. The number of hydrogen-bond donors (Lipinski definition) is 1. The van der Waals surface area contributed by atoms with Crippen molar-refractivity contribution in [2.24, 2.45) is 0 Å². The molecule has 0 unspecified atom stereocenters. The number of para-hydroxylation sites is 1. The molecule has 0 aliphatic carbocycles. The van der Waals surface area contributed by atoms with Crippen molar-refractivity contribution < 1.29 is 4.79 Å². The van der Waals surface area contributed by atoms with Crippen molar-refractivity contribution in [1.82, 2.24) is 4.90 Å². The molecule has 0 radical (unpaired) electrons. The zero-order valence-corrected chi connectivity index (χ0v) is 14.0. The molecule has 0 saturated carbocycles. The Bertz CT molecular complexity index is 383. The zero-order valence-electron chi connectivity index (χ0n) is 13.3. The Morgan fingerprint density at radius 3 is 2.00 bits per heavy atom. The van der Waals surface area contributed by atoms with Gasteiger partial charge in [-0.1, -0.05) is 39.0 Å². The van der Waals surface area contributed by atoms with Gasteiger partial charge in [-0.25, -0.2) is 0 Å². The van der Waals surface area contributed by atoms with E-state index in [1.54, 1.807) is 0 Å². The molecule has 0 aliphatic heterocycles. The molecule has 1 amide bonds. The number of nitrogens with one attached hydrogen (secondary N) is 1. The maximum atomic E-state index is 11.9. The van der Waals surface area contributed by atoms with Crippen molar-refractivity contribution >= 4 is 23.2 Å². The highest BCUT2D eigenvalue weighted by molar-refractivity contribution is 6.17. The van der Waals surface area contributed by atoms with Gasteiger partial charge in [-0.3, -0.25) is 9.69 Å². The SMILES string of the molecule is CCCl.CCN(CC)CC(=O)Nc1c(C)cccc1C. The number of halogens is 1. The summed E-state index contributed by atoms with van der Waals surface area (Å²) in [4.78, 5) is 14.0. The quantitative estimate of drug-likeness (QED) is 0.838. The maximum Gasteiger partial charge on any atom is 0.238 e. The molecule has 4 heteroatoms. The fraction of sp³-hybridized carbons (Fsp3) is 0.562. The molecule has 20 heavy (non-hydrogen) atoms. The lowest BCUT2D eigenvalue weighted by Gasteiger charge is -2.18. The molecular weight excluding hydrogens is 272 g/mol. The molecule has 114 valence electrons. The van der Waals surface area contributed by atoms with Gasteiger partial charge < -0.3 is 5.32 Å². The van der Waals surface area contributed by atoms with Crippen molar-refractivity contribution in [3.8, 4) is 0 Å². The number of likely N-dealkylation sites (N-methyl/N-ethyl adjacent to an activating group) is 1. The van der Waals surface area contributed by atoms with Crippen LogP contribution in [0.15, 0.2) is 18.2 Å². The molecule has 1 aromatic carbocycles. The highest BCUT2D eigenvalue weighted by atomic mass is 35.5. The van der Waals surface area contributed by atoms with E-state index in [-0.39, 0.29) is 5.91 Å². The minimum atomic E-state index is 0.0612. The van der Waals surface area contributed by atoms with E-state index in [0.717, 1.165) is 35.8 Å². The first kappa shape index (κ1) is 18.9. The van der Waals surface area contributed by atoms with Gasteiger partial charge in [0.05, 0.1) is 6.54 Å². The average Bonchev–Trinajstić information content (AvgIpc) is 2.41. The molecule has 1 N–H and O–H groups in total. The largest absolute Gasteiger partial charge is 0.324 e. The number of amides is 1. The monoisotopic (exact) mass is 298 g/mol. The van der Waals surface area contributed by atoms with Crippen molar-refractivity contribution in [1.29, 1.82) is 0 Å². The third-order valence-electron chi connectivity index (χ3n) is 3.01. The maximum absolute atomic E-state index is 11.9. The summed E-state index contributed by atoms with van der Waals surface area (Å²) in [6.07, 6.45) is 0. The van der Waals surface area contributed by atoms with Gasteiger partial charge in [0.2, 0.25) is 5.91 Å². The van der Waals surface area contributed by atoms with Gasteiger partial charge >= 0.3 is 0 Å². The molecule has 1 rings (SSSR count). The molecule has 0 fully saturated rings. The van der Waals surface area contributed by atoms with Gasteiger partial charge in [0.15, 0.2) is 0 Å². The van der Waals surface area contributed by atoms with Crippen LogP contribution in [0.3, 0.4) is 0 Å². The van der Waals surface area contributed by atoms with Crippen LogP contribution in [0.1, 0.15) is 31.9 Å². The van der Waals surface area contributed by atoms with Crippen LogP contribution >= 0.6 is 11.6 Å². The van der Waals surface area contributed by atoms with Gasteiger partial charge in [-0.2, -0.15) is 0 Å². The lowest BCUT2D eigenvalue weighted by atomic mass is 10.1. The van der Waals surface area contributed by atoms with E-state index in [1.165, 1.54) is 0 Å². The average molecular weight is 299 g/mol. The van der Waals surface area contributed by atoms with Crippen LogP contribution in [0.25, 0.3) is 0 Å². The van der Waals surface area contributed by atoms with Gasteiger partial charge in [-0.05, 0) is 38.1 Å². The van der Waals surface area contributed by atoms with Gasteiger partial charge in [0.25, 0.3) is 0 Å². The molecular formula is C16H27ClN2O. The van der Waals surface area contributed by atoms with Gasteiger partial charge in [0, 0.05) is 11.6 Å². The highest BCUT2D eigenvalue weighted by Crippen LogP contribution is 2.19. The fourth-order valence-corrected chi connectivity index (χ4v) is 1.84. The van der Waals surface area contributed by atoms with E-state index >= 15 is 0 Å². The molecule has 0 atom stereocenters. The third kappa shape index (κ3) is 6.92. The zero-order chi connectivity index (χ0) is 15.5. The number of carbonyl (C=O) groups is 1. The minimum absolute atomic E-state index is 0.0612. The van der Waals surface area contributed by atoms with Crippen LogP contribution in [0.5, 0.6) is 0 Å². The summed E-state index contributed by atoms with van der Waals surface area (Å²) in [5, 5.41) is 3.00. The second-order valence-electron chi connectivity index (χ2n) is 4.54. The second kappa shape index (κ2) is 10.7. The van der Waals surface area contributed by atoms with Crippen LogP contribution in [0.4, 0.5) is 5.69 Å². The Balaban J connectivity index is 0.00000110. The molecule has 0 aliphatic rings. The molecule has 1 aromatic rings. The first-order chi connectivity index (χ1) is 9.49. The normalized spacial score (nSPS) is 9.95. The van der Waals surface area contributed by atoms with Crippen LogP contribution in [-0.4, -0.2) is 36.3 Å². The number of carbonyl (C=O) groups excluding carboxylic acids is 1. The summed E-state index contributed by atoms with van der Waals surface area (Å²) in [6.45, 7) is 12.3. The van der Waals surface area contributed by atoms with E-state index < -0.39 is 0 Å².